The Balaban J connectivity index is 1.41. The lowest BCUT2D eigenvalue weighted by atomic mass is 10.1. The van der Waals surface area contributed by atoms with Crippen LogP contribution < -0.4 is 15.0 Å². The molecule has 0 bridgehead atoms. The Bertz CT molecular complexity index is 986. The number of nitrogens with zero attached hydrogens (tertiary/aromatic N) is 2. The van der Waals surface area contributed by atoms with E-state index in [1.54, 1.807) is 12.0 Å². The van der Waals surface area contributed by atoms with Gasteiger partial charge in [0.2, 0.25) is 11.8 Å². The van der Waals surface area contributed by atoms with Gasteiger partial charge in [-0.3, -0.25) is 9.59 Å². The number of amides is 2. The Morgan fingerprint density at radius 1 is 1.18 bits per heavy atom. The normalized spacial score (nSPS) is 16.2. The Kier molecular flexibility index (Phi) is 5.08. The minimum atomic E-state index is -0.388. The number of methoxy groups -OCH3 is 1. The molecule has 1 aliphatic rings. The predicted molar refractivity (Wildman–Crippen MR) is 110 cm³/mol. The molecule has 2 heterocycles. The molecule has 0 saturated carbocycles. The van der Waals surface area contributed by atoms with Crippen molar-refractivity contribution in [3.05, 3.63) is 60.0 Å². The molecular formula is C21H19N3O3S. The number of thiazole rings is 1. The number of rotatable bonds is 5. The summed E-state index contributed by atoms with van der Waals surface area (Å²) in [4.78, 5) is 31.1. The molecule has 142 valence electrons. The molecule has 0 radical (unpaired) electrons. The highest BCUT2D eigenvalue weighted by atomic mass is 32.1. The molecule has 28 heavy (non-hydrogen) atoms. The molecule has 1 saturated heterocycles. The van der Waals surface area contributed by atoms with Crippen molar-refractivity contribution in [1.29, 1.82) is 0 Å². The summed E-state index contributed by atoms with van der Waals surface area (Å²) in [6, 6.07) is 17.0. The third-order valence-electron chi connectivity index (χ3n) is 4.68. The van der Waals surface area contributed by atoms with Gasteiger partial charge in [-0.05, 0) is 36.4 Å². The van der Waals surface area contributed by atoms with E-state index >= 15 is 0 Å². The van der Waals surface area contributed by atoms with Gasteiger partial charge < -0.3 is 15.0 Å². The van der Waals surface area contributed by atoms with Gasteiger partial charge in [-0.1, -0.05) is 18.2 Å². The summed E-state index contributed by atoms with van der Waals surface area (Å²) >= 11 is 1.37. The lowest BCUT2D eigenvalue weighted by Gasteiger charge is -2.16. The lowest BCUT2D eigenvalue weighted by Crippen LogP contribution is -2.28. The molecule has 1 atom stereocenters. The van der Waals surface area contributed by atoms with Gasteiger partial charge in [0.05, 0.1) is 18.7 Å². The van der Waals surface area contributed by atoms with E-state index < -0.39 is 0 Å². The first-order valence-electron chi connectivity index (χ1n) is 8.90. The molecule has 1 unspecified atom stereocenters. The number of nitrogens with one attached hydrogen (secondary N) is 1. The van der Waals surface area contributed by atoms with E-state index in [9.17, 15) is 9.59 Å². The van der Waals surface area contributed by atoms with Crippen LogP contribution in [0.3, 0.4) is 0 Å². The minimum Gasteiger partial charge on any atom is -0.497 e. The molecule has 6 nitrogen and oxygen atoms in total. The van der Waals surface area contributed by atoms with Crippen molar-refractivity contribution in [3.8, 4) is 17.0 Å². The highest BCUT2D eigenvalue weighted by molar-refractivity contribution is 7.14. The maximum atomic E-state index is 12.6. The maximum absolute atomic E-state index is 12.6. The number of para-hydroxylation sites is 1. The molecule has 1 aromatic heterocycles. The largest absolute Gasteiger partial charge is 0.497 e. The van der Waals surface area contributed by atoms with E-state index in [0.29, 0.717) is 11.7 Å². The van der Waals surface area contributed by atoms with E-state index in [-0.39, 0.29) is 24.2 Å². The fourth-order valence-corrected chi connectivity index (χ4v) is 3.90. The zero-order chi connectivity index (χ0) is 19.5. The summed E-state index contributed by atoms with van der Waals surface area (Å²) in [5, 5.41) is 5.28. The number of hydrogen-bond donors (Lipinski definition) is 1. The van der Waals surface area contributed by atoms with E-state index in [0.717, 1.165) is 22.7 Å². The molecule has 0 spiro atoms. The number of ether oxygens (including phenoxy) is 1. The molecule has 2 aromatic carbocycles. The molecule has 3 aromatic rings. The van der Waals surface area contributed by atoms with Crippen LogP contribution in [0.15, 0.2) is 60.0 Å². The van der Waals surface area contributed by atoms with Crippen molar-refractivity contribution in [2.45, 2.75) is 6.42 Å². The fourth-order valence-electron chi connectivity index (χ4n) is 3.17. The zero-order valence-electron chi connectivity index (χ0n) is 15.3. The van der Waals surface area contributed by atoms with Crippen LogP contribution in [0.5, 0.6) is 5.75 Å². The Morgan fingerprint density at radius 2 is 1.93 bits per heavy atom. The maximum Gasteiger partial charge on any atom is 0.231 e. The smallest absolute Gasteiger partial charge is 0.231 e. The Morgan fingerprint density at radius 3 is 2.64 bits per heavy atom. The summed E-state index contributed by atoms with van der Waals surface area (Å²) < 4.78 is 5.16. The first kappa shape index (κ1) is 18.2. The topological polar surface area (TPSA) is 71.5 Å². The second-order valence-corrected chi connectivity index (χ2v) is 7.35. The third-order valence-corrected chi connectivity index (χ3v) is 5.44. The summed E-state index contributed by atoms with van der Waals surface area (Å²) in [5.41, 5.74) is 2.55. The number of carbonyl (C=O) groups is 2. The molecule has 1 aliphatic heterocycles. The van der Waals surface area contributed by atoms with Crippen LogP contribution in [0, 0.1) is 5.92 Å². The fraction of sp³-hybridized carbons (Fsp3) is 0.190. The van der Waals surface area contributed by atoms with Crippen molar-refractivity contribution in [2.75, 3.05) is 23.9 Å². The standard InChI is InChI=1S/C21H19N3O3S/c1-27-17-9-7-14(8-10-17)18-13-28-21(22-18)23-20(26)15-11-19(25)24(12-15)16-5-3-2-4-6-16/h2-10,13,15H,11-12H2,1H3,(H,22,23,26). The van der Waals surface area contributed by atoms with Crippen molar-refractivity contribution < 1.29 is 14.3 Å². The number of hydrogen-bond acceptors (Lipinski definition) is 5. The number of benzene rings is 2. The number of aromatic nitrogens is 1. The SMILES string of the molecule is COc1ccc(-c2csc(NC(=O)C3CC(=O)N(c4ccccc4)C3)n2)cc1. The van der Waals surface area contributed by atoms with Crippen molar-refractivity contribution in [2.24, 2.45) is 5.92 Å². The van der Waals surface area contributed by atoms with Gasteiger partial charge in [0.25, 0.3) is 0 Å². The van der Waals surface area contributed by atoms with Crippen molar-refractivity contribution >= 4 is 34.0 Å². The predicted octanol–water partition coefficient (Wildman–Crippen LogP) is 3.81. The number of anilines is 2. The first-order valence-corrected chi connectivity index (χ1v) is 9.78. The molecule has 1 N–H and O–H groups in total. The monoisotopic (exact) mass is 393 g/mol. The summed E-state index contributed by atoms with van der Waals surface area (Å²) in [7, 11) is 1.62. The molecule has 2 amide bonds. The molecular weight excluding hydrogens is 374 g/mol. The zero-order valence-corrected chi connectivity index (χ0v) is 16.1. The highest BCUT2D eigenvalue weighted by Gasteiger charge is 2.35. The van der Waals surface area contributed by atoms with Gasteiger partial charge in [-0.25, -0.2) is 4.98 Å². The number of carbonyl (C=O) groups excluding carboxylic acids is 2. The van der Waals surface area contributed by atoms with Gasteiger partial charge in [0.1, 0.15) is 5.75 Å². The summed E-state index contributed by atoms with van der Waals surface area (Å²) in [6.07, 6.45) is 0.206. The van der Waals surface area contributed by atoms with Crippen LogP contribution in [0.4, 0.5) is 10.8 Å². The van der Waals surface area contributed by atoms with E-state index in [1.807, 2.05) is 60.0 Å². The average Bonchev–Trinajstić information content (AvgIpc) is 3.35. The van der Waals surface area contributed by atoms with Gasteiger partial charge >= 0.3 is 0 Å². The van der Waals surface area contributed by atoms with Crippen LogP contribution in [0.25, 0.3) is 11.3 Å². The molecule has 1 fully saturated rings. The Hall–Kier alpha value is -3.19. The Labute approximate surface area is 166 Å². The van der Waals surface area contributed by atoms with Crippen molar-refractivity contribution in [3.63, 3.8) is 0 Å². The highest BCUT2D eigenvalue weighted by Crippen LogP contribution is 2.29. The van der Waals surface area contributed by atoms with Crippen LogP contribution in [0.2, 0.25) is 0 Å². The van der Waals surface area contributed by atoms with Gasteiger partial charge in [0, 0.05) is 29.6 Å². The quantitative estimate of drug-likeness (QED) is 0.716. The average molecular weight is 393 g/mol. The van der Waals surface area contributed by atoms with Crippen molar-refractivity contribution in [1.82, 2.24) is 4.98 Å². The van der Waals surface area contributed by atoms with Gasteiger partial charge in [-0.2, -0.15) is 0 Å². The van der Waals surface area contributed by atoms with E-state index in [2.05, 4.69) is 10.3 Å². The second-order valence-electron chi connectivity index (χ2n) is 6.50. The van der Waals surface area contributed by atoms with Crippen LogP contribution in [0.1, 0.15) is 6.42 Å². The minimum absolute atomic E-state index is 0.0376. The van der Waals surface area contributed by atoms with E-state index in [4.69, 9.17) is 4.74 Å². The third kappa shape index (κ3) is 3.75. The van der Waals surface area contributed by atoms with Gasteiger partial charge in [0.15, 0.2) is 5.13 Å². The molecule has 4 rings (SSSR count). The van der Waals surface area contributed by atoms with Crippen LogP contribution in [-0.2, 0) is 9.59 Å². The summed E-state index contributed by atoms with van der Waals surface area (Å²) in [6.45, 7) is 0.380. The van der Waals surface area contributed by atoms with E-state index in [1.165, 1.54) is 11.3 Å². The second kappa shape index (κ2) is 7.82. The van der Waals surface area contributed by atoms with Gasteiger partial charge in [-0.15, -0.1) is 11.3 Å². The van der Waals surface area contributed by atoms with Crippen LogP contribution >= 0.6 is 11.3 Å². The molecule has 7 heteroatoms. The summed E-state index contributed by atoms with van der Waals surface area (Å²) in [5.74, 6) is 0.175. The first-order chi connectivity index (χ1) is 13.6. The van der Waals surface area contributed by atoms with Crippen LogP contribution in [-0.4, -0.2) is 30.5 Å². The lowest BCUT2D eigenvalue weighted by molar-refractivity contribution is -0.122. The molecule has 0 aliphatic carbocycles.